The minimum Gasteiger partial charge on any atom is -0.350 e. The average molecular weight is 391 g/mol. The van der Waals surface area contributed by atoms with Crippen LogP contribution in [0.5, 0.6) is 0 Å². The van der Waals surface area contributed by atoms with Crippen LogP contribution >= 0.6 is 0 Å². The third kappa shape index (κ3) is 3.52. The molecule has 6 nitrogen and oxygen atoms in total. The van der Waals surface area contributed by atoms with Gasteiger partial charge in [0.05, 0.1) is 9.79 Å². The molecule has 0 saturated carbocycles. The van der Waals surface area contributed by atoms with Crippen LogP contribution in [0.4, 0.5) is 0 Å². The molecule has 1 amide bonds. The van der Waals surface area contributed by atoms with Crippen LogP contribution in [0.15, 0.2) is 88.9 Å². The second-order valence-corrected chi connectivity index (χ2v) is 8.24. The van der Waals surface area contributed by atoms with Gasteiger partial charge in [-0.3, -0.25) is 9.78 Å². The van der Waals surface area contributed by atoms with E-state index in [4.69, 9.17) is 0 Å². The summed E-state index contributed by atoms with van der Waals surface area (Å²) in [6, 6.07) is 18.3. The Morgan fingerprint density at radius 2 is 1.68 bits per heavy atom. The van der Waals surface area contributed by atoms with Crippen molar-refractivity contribution in [2.24, 2.45) is 0 Å². The number of H-pyrrole nitrogens is 1. The summed E-state index contributed by atoms with van der Waals surface area (Å²) >= 11 is 0. The van der Waals surface area contributed by atoms with Crippen LogP contribution in [-0.2, 0) is 16.4 Å². The standard InChI is InChI=1S/C21H17N3O3S/c25-21(20-12-16-14-22-11-10-19(16)24-20)23-13-15-6-8-18(9-7-15)28(26,27)17-4-2-1-3-5-17/h1-12,14,24H,13H2,(H,23,25). The Kier molecular flexibility index (Phi) is 4.67. The molecule has 0 bridgehead atoms. The van der Waals surface area contributed by atoms with E-state index in [-0.39, 0.29) is 22.2 Å². The zero-order valence-electron chi connectivity index (χ0n) is 14.8. The van der Waals surface area contributed by atoms with Crippen LogP contribution < -0.4 is 5.32 Å². The van der Waals surface area contributed by atoms with Gasteiger partial charge in [0.15, 0.2) is 0 Å². The van der Waals surface area contributed by atoms with Crippen LogP contribution in [0.25, 0.3) is 10.9 Å². The number of pyridine rings is 1. The molecule has 140 valence electrons. The van der Waals surface area contributed by atoms with Crippen LogP contribution in [0.2, 0.25) is 0 Å². The highest BCUT2D eigenvalue weighted by atomic mass is 32.2. The maximum Gasteiger partial charge on any atom is 0.267 e. The lowest BCUT2D eigenvalue weighted by atomic mass is 10.2. The van der Waals surface area contributed by atoms with Crippen molar-refractivity contribution < 1.29 is 13.2 Å². The van der Waals surface area contributed by atoms with Crippen LogP contribution in [0.1, 0.15) is 16.1 Å². The van der Waals surface area contributed by atoms with E-state index in [9.17, 15) is 13.2 Å². The van der Waals surface area contributed by atoms with Gasteiger partial charge < -0.3 is 10.3 Å². The number of rotatable bonds is 5. The zero-order valence-corrected chi connectivity index (χ0v) is 15.6. The van der Waals surface area contributed by atoms with Crippen molar-refractivity contribution >= 4 is 26.6 Å². The van der Waals surface area contributed by atoms with E-state index in [1.54, 1.807) is 79.1 Å². The number of sulfone groups is 1. The number of aromatic nitrogens is 2. The van der Waals surface area contributed by atoms with E-state index in [1.807, 2.05) is 0 Å². The number of carbonyl (C=O) groups excluding carboxylic acids is 1. The van der Waals surface area contributed by atoms with Gasteiger partial charge in [-0.25, -0.2) is 8.42 Å². The first-order chi connectivity index (χ1) is 13.5. The molecule has 4 aromatic rings. The Balaban J connectivity index is 1.45. The second kappa shape index (κ2) is 7.28. The average Bonchev–Trinajstić information content (AvgIpc) is 3.17. The summed E-state index contributed by atoms with van der Waals surface area (Å²) < 4.78 is 25.2. The number of amides is 1. The molecule has 0 radical (unpaired) electrons. The summed E-state index contributed by atoms with van der Waals surface area (Å²) in [6.45, 7) is 0.290. The highest BCUT2D eigenvalue weighted by Gasteiger charge is 2.17. The Morgan fingerprint density at radius 3 is 2.39 bits per heavy atom. The van der Waals surface area contributed by atoms with Gasteiger partial charge in [-0.2, -0.15) is 0 Å². The zero-order chi connectivity index (χ0) is 19.6. The Morgan fingerprint density at radius 1 is 0.964 bits per heavy atom. The first-order valence-corrected chi connectivity index (χ1v) is 10.1. The second-order valence-electron chi connectivity index (χ2n) is 6.29. The number of nitrogens with one attached hydrogen (secondary N) is 2. The number of aromatic amines is 1. The van der Waals surface area contributed by atoms with Gasteiger partial charge >= 0.3 is 0 Å². The third-order valence-corrected chi connectivity index (χ3v) is 6.19. The molecule has 0 atom stereocenters. The summed E-state index contributed by atoms with van der Waals surface area (Å²) in [7, 11) is -3.54. The number of carbonyl (C=O) groups is 1. The van der Waals surface area contributed by atoms with Crippen molar-refractivity contribution in [1.82, 2.24) is 15.3 Å². The maximum absolute atomic E-state index is 12.6. The lowest BCUT2D eigenvalue weighted by Gasteiger charge is -2.07. The summed E-state index contributed by atoms with van der Waals surface area (Å²) in [5.74, 6) is -0.239. The molecule has 4 rings (SSSR count). The molecule has 0 unspecified atom stereocenters. The Labute approximate surface area is 162 Å². The van der Waals surface area contributed by atoms with Crippen LogP contribution in [-0.4, -0.2) is 24.3 Å². The first kappa shape index (κ1) is 17.9. The molecule has 0 spiro atoms. The number of nitrogens with zero attached hydrogens (tertiary/aromatic N) is 1. The van der Waals surface area contributed by atoms with Crippen molar-refractivity contribution in [1.29, 1.82) is 0 Å². The molecule has 7 heteroatoms. The van der Waals surface area contributed by atoms with Gasteiger partial charge in [-0.05, 0) is 42.0 Å². The Hall–Kier alpha value is -3.45. The van der Waals surface area contributed by atoms with Crippen LogP contribution in [0, 0.1) is 0 Å². The molecule has 0 aliphatic rings. The van der Waals surface area contributed by atoms with E-state index in [0.717, 1.165) is 16.5 Å². The summed E-state index contributed by atoms with van der Waals surface area (Å²) in [4.78, 5) is 19.9. The number of hydrogen-bond acceptors (Lipinski definition) is 4. The Bertz CT molecular complexity index is 1200. The van der Waals surface area contributed by atoms with Gasteiger partial charge in [-0.15, -0.1) is 0 Å². The smallest absolute Gasteiger partial charge is 0.267 e. The highest BCUT2D eigenvalue weighted by Crippen LogP contribution is 2.21. The van der Waals surface area contributed by atoms with Crippen molar-refractivity contribution in [3.63, 3.8) is 0 Å². The summed E-state index contributed by atoms with van der Waals surface area (Å²) in [5, 5.41) is 3.69. The fourth-order valence-electron chi connectivity index (χ4n) is 2.89. The van der Waals surface area contributed by atoms with Crippen LogP contribution in [0.3, 0.4) is 0 Å². The van der Waals surface area contributed by atoms with Gasteiger partial charge in [0.2, 0.25) is 9.84 Å². The van der Waals surface area contributed by atoms with E-state index in [0.29, 0.717) is 5.69 Å². The van der Waals surface area contributed by atoms with Gasteiger partial charge in [0.1, 0.15) is 5.69 Å². The predicted molar refractivity (Wildman–Crippen MR) is 106 cm³/mol. The molecule has 0 aliphatic carbocycles. The molecule has 2 aromatic carbocycles. The van der Waals surface area contributed by atoms with E-state index >= 15 is 0 Å². The van der Waals surface area contributed by atoms with Gasteiger partial charge in [0.25, 0.3) is 5.91 Å². The first-order valence-electron chi connectivity index (χ1n) is 8.64. The van der Waals surface area contributed by atoms with E-state index in [2.05, 4.69) is 15.3 Å². The lowest BCUT2D eigenvalue weighted by Crippen LogP contribution is -2.23. The number of hydrogen-bond donors (Lipinski definition) is 2. The van der Waals surface area contributed by atoms with Crippen molar-refractivity contribution in [2.75, 3.05) is 0 Å². The quantitative estimate of drug-likeness (QED) is 0.546. The highest BCUT2D eigenvalue weighted by molar-refractivity contribution is 7.91. The maximum atomic E-state index is 12.6. The lowest BCUT2D eigenvalue weighted by molar-refractivity contribution is 0.0946. The minimum absolute atomic E-state index is 0.219. The van der Waals surface area contributed by atoms with Gasteiger partial charge in [0, 0.05) is 29.8 Å². The largest absolute Gasteiger partial charge is 0.350 e. The topological polar surface area (TPSA) is 91.9 Å². The number of benzene rings is 2. The molecule has 2 aromatic heterocycles. The predicted octanol–water partition coefficient (Wildman–Crippen LogP) is 3.33. The monoisotopic (exact) mass is 391 g/mol. The molecule has 0 saturated heterocycles. The van der Waals surface area contributed by atoms with Crippen molar-refractivity contribution in [3.05, 3.63) is 90.4 Å². The molecule has 0 aliphatic heterocycles. The van der Waals surface area contributed by atoms with Gasteiger partial charge in [-0.1, -0.05) is 30.3 Å². The van der Waals surface area contributed by atoms with E-state index in [1.165, 1.54) is 0 Å². The molecule has 2 N–H and O–H groups in total. The van der Waals surface area contributed by atoms with Crippen molar-refractivity contribution in [3.8, 4) is 0 Å². The molecular weight excluding hydrogens is 374 g/mol. The molecule has 0 fully saturated rings. The molecule has 28 heavy (non-hydrogen) atoms. The van der Waals surface area contributed by atoms with Crippen molar-refractivity contribution in [2.45, 2.75) is 16.3 Å². The molecule has 2 heterocycles. The third-order valence-electron chi connectivity index (χ3n) is 4.41. The summed E-state index contributed by atoms with van der Waals surface area (Å²) in [5.41, 5.74) is 2.10. The summed E-state index contributed by atoms with van der Waals surface area (Å²) in [6.07, 6.45) is 3.35. The SMILES string of the molecule is O=C(NCc1ccc(S(=O)(=O)c2ccccc2)cc1)c1cc2cnccc2[nH]1. The fourth-order valence-corrected chi connectivity index (χ4v) is 4.18. The molecular formula is C21H17N3O3S. The minimum atomic E-state index is -3.54. The fraction of sp³-hybridized carbons (Fsp3) is 0.0476. The number of fused-ring (bicyclic) bond motifs is 1. The normalized spacial score (nSPS) is 11.4. The van der Waals surface area contributed by atoms with E-state index < -0.39 is 9.84 Å².